The fourth-order valence-corrected chi connectivity index (χ4v) is 2.23. The Hall–Kier alpha value is -0.528. The minimum atomic E-state index is 0. The molecule has 1 fully saturated rings. The van der Waals surface area contributed by atoms with Crippen LogP contribution in [0.5, 0.6) is 0 Å². The van der Waals surface area contributed by atoms with Crippen molar-refractivity contribution in [3.63, 3.8) is 0 Å². The zero-order valence-electron chi connectivity index (χ0n) is 15.2. The molecule has 0 bridgehead atoms. The van der Waals surface area contributed by atoms with Gasteiger partial charge in [0.05, 0.1) is 5.69 Å². The summed E-state index contributed by atoms with van der Waals surface area (Å²) in [6.45, 7) is 11.1. The minimum absolute atomic E-state index is 0. The summed E-state index contributed by atoms with van der Waals surface area (Å²) in [4.78, 5) is 4.59. The van der Waals surface area contributed by atoms with Gasteiger partial charge in [-0.3, -0.25) is 4.99 Å². The van der Waals surface area contributed by atoms with Gasteiger partial charge in [0.15, 0.2) is 0 Å². The number of hydrogen-bond donors (Lipinski definition) is 0. The summed E-state index contributed by atoms with van der Waals surface area (Å²) < 4.78 is 4.83. The van der Waals surface area contributed by atoms with E-state index in [0.717, 1.165) is 31.9 Å². The van der Waals surface area contributed by atoms with Gasteiger partial charge in [0, 0.05) is 13.2 Å². The molecule has 2 rings (SSSR count). The molecule has 1 saturated heterocycles. The predicted molar refractivity (Wildman–Crippen MR) is 98.5 cm³/mol. The van der Waals surface area contributed by atoms with Crippen LogP contribution in [0.15, 0.2) is 29.3 Å². The minimum Gasteiger partial charge on any atom is -0.655 e. The summed E-state index contributed by atoms with van der Waals surface area (Å²) in [5.74, 6) is 0.522. The van der Waals surface area contributed by atoms with E-state index in [-0.39, 0.29) is 27.8 Å². The van der Waals surface area contributed by atoms with Crippen LogP contribution in [-0.2, 0) is 25.2 Å². The molecule has 1 aliphatic rings. The van der Waals surface area contributed by atoms with Gasteiger partial charge in [0.2, 0.25) is 0 Å². The molecule has 0 aliphatic carbocycles. The molecule has 0 radical (unpaired) electrons. The molecule has 1 atom stereocenters. The van der Waals surface area contributed by atoms with E-state index in [2.05, 4.69) is 42.4 Å². The van der Waals surface area contributed by atoms with E-state index in [9.17, 15) is 0 Å². The molecule has 23 heavy (non-hydrogen) atoms. The van der Waals surface area contributed by atoms with Gasteiger partial charge in [-0.25, -0.2) is 0 Å². The Morgan fingerprint density at radius 1 is 1.26 bits per heavy atom. The number of nitrogens with zero attached hydrogens (tertiary/aromatic N) is 2. The molecule has 0 spiro atoms. The summed E-state index contributed by atoms with van der Waals surface area (Å²) >= 11 is 0. The molecule has 1 aliphatic heterocycles. The predicted octanol–water partition coefficient (Wildman–Crippen LogP) is 5.54. The van der Waals surface area contributed by atoms with E-state index < -0.39 is 0 Å². The van der Waals surface area contributed by atoms with Crippen molar-refractivity contribution in [1.82, 2.24) is 0 Å². The number of aliphatic imine (C=N–C) groups is 1. The molecule has 3 nitrogen and oxygen atoms in total. The van der Waals surface area contributed by atoms with Crippen molar-refractivity contribution in [3.05, 3.63) is 42.6 Å². The monoisotopic (exact) mass is 410 g/mol. The number of ether oxygens (including phenoxy) is 1. The number of hydrogen-bond acceptors (Lipinski definition) is 2. The van der Waals surface area contributed by atoms with E-state index in [1.165, 1.54) is 12.0 Å². The van der Waals surface area contributed by atoms with E-state index >= 15 is 0 Å². The second-order valence-electron chi connectivity index (χ2n) is 5.39. The number of para-hydroxylation sites is 1. The second-order valence-corrected chi connectivity index (χ2v) is 5.39. The summed E-state index contributed by atoms with van der Waals surface area (Å²) in [6.07, 6.45) is 4.38. The van der Waals surface area contributed by atoms with Crippen molar-refractivity contribution < 1.29 is 25.2 Å². The van der Waals surface area contributed by atoms with Gasteiger partial charge in [0.1, 0.15) is 0 Å². The van der Waals surface area contributed by atoms with E-state index in [4.69, 9.17) is 4.74 Å². The van der Waals surface area contributed by atoms with Gasteiger partial charge in [0.25, 0.3) is 0 Å². The van der Waals surface area contributed by atoms with Gasteiger partial charge in [-0.15, -0.1) is 6.54 Å². The van der Waals surface area contributed by atoms with Crippen molar-refractivity contribution in [1.29, 1.82) is 0 Å². The third-order valence-electron chi connectivity index (χ3n) is 3.37. The molecule has 1 heterocycles. The first-order valence-corrected chi connectivity index (χ1v) is 8.06. The average molecular weight is 411 g/mol. The smallest absolute Gasteiger partial charge is 0.655 e. The maximum Gasteiger partial charge on any atom is 2.00 e. The van der Waals surface area contributed by atoms with Crippen LogP contribution >= 0.6 is 0 Å². The Labute approximate surface area is 157 Å². The molecule has 1 unspecified atom stereocenters. The van der Waals surface area contributed by atoms with Crippen LogP contribution in [0.3, 0.4) is 0 Å². The normalized spacial score (nSPS) is 16.5. The third-order valence-corrected chi connectivity index (χ3v) is 3.37. The van der Waals surface area contributed by atoms with Crippen molar-refractivity contribution in [3.8, 4) is 0 Å². The summed E-state index contributed by atoms with van der Waals surface area (Å²) in [6, 6.07) is 8.71. The zero-order chi connectivity index (χ0) is 15.5. The molecule has 0 N–H and O–H groups in total. The van der Waals surface area contributed by atoms with Crippen molar-refractivity contribution in [2.45, 2.75) is 52.5 Å². The average Bonchev–Trinajstić information content (AvgIpc) is 3.00. The molecule has 0 aromatic heterocycles. The van der Waals surface area contributed by atoms with Crippen LogP contribution in [0.4, 0.5) is 5.69 Å². The fourth-order valence-electron chi connectivity index (χ4n) is 2.23. The van der Waals surface area contributed by atoms with E-state index in [1.54, 1.807) is 0 Å². The quantitative estimate of drug-likeness (QED) is 0.356. The largest absolute Gasteiger partial charge is 2.00 e. The topological polar surface area (TPSA) is 35.7 Å². The Bertz CT molecular complexity index is 414. The maximum atomic E-state index is 4.83. The van der Waals surface area contributed by atoms with Gasteiger partial charge in [-0.05, 0) is 37.6 Å². The van der Waals surface area contributed by atoms with Crippen molar-refractivity contribution in [2.24, 2.45) is 4.99 Å². The first kappa shape index (κ1) is 24.7. The first-order valence-electron chi connectivity index (χ1n) is 8.06. The Morgan fingerprint density at radius 3 is 2.39 bits per heavy atom. The molecule has 0 amide bonds. The summed E-state index contributed by atoms with van der Waals surface area (Å²) in [5.41, 5.74) is 2.41. The first-order chi connectivity index (χ1) is 10.2. The van der Waals surface area contributed by atoms with Gasteiger partial charge >= 0.3 is 20.4 Å². The standard InChI is InChI=1S/C14H19N2.C4H10O.CH3.Pd/c1-11(2)13-7-3-4-8-14(13)16-10-12-6-5-9-15-12;1-3-5-4-2;;/h3-4,7-8,10-12H,5-6,9H2,1-2H3;3-4H2,1-2H3;1H3;/q-1;;-1;+2. The van der Waals surface area contributed by atoms with Crippen LogP contribution in [0, 0.1) is 7.43 Å². The summed E-state index contributed by atoms with van der Waals surface area (Å²) in [7, 11) is 0. The Morgan fingerprint density at radius 2 is 1.91 bits per heavy atom. The second kappa shape index (κ2) is 15.0. The Balaban J connectivity index is 0. The number of benzene rings is 1. The molecule has 1 aromatic carbocycles. The molecule has 4 heteroatoms. The van der Waals surface area contributed by atoms with E-state index in [1.807, 2.05) is 26.1 Å². The zero-order valence-corrected chi connectivity index (χ0v) is 16.8. The number of rotatable bonds is 5. The van der Waals surface area contributed by atoms with Crippen LogP contribution in [-0.4, -0.2) is 32.0 Å². The fraction of sp³-hybridized carbons (Fsp3) is 0.579. The molecule has 1 aromatic rings. The Kier molecular flexibility index (Phi) is 16.2. The van der Waals surface area contributed by atoms with Crippen molar-refractivity contribution >= 4 is 11.9 Å². The molecule has 134 valence electrons. The van der Waals surface area contributed by atoms with Crippen LogP contribution < -0.4 is 0 Å². The van der Waals surface area contributed by atoms with Crippen LogP contribution in [0.1, 0.15) is 52.0 Å². The van der Waals surface area contributed by atoms with Crippen LogP contribution in [0.25, 0.3) is 5.32 Å². The molecular formula is C19H32N2OPd. The third kappa shape index (κ3) is 10.0. The van der Waals surface area contributed by atoms with Gasteiger partial charge in [-0.2, -0.15) is 0 Å². The van der Waals surface area contributed by atoms with Crippen LogP contribution in [0.2, 0.25) is 0 Å². The van der Waals surface area contributed by atoms with Crippen molar-refractivity contribution in [2.75, 3.05) is 19.8 Å². The molecule has 0 saturated carbocycles. The van der Waals surface area contributed by atoms with Gasteiger partial charge < -0.3 is 17.5 Å². The maximum absolute atomic E-state index is 4.83. The molecular weight excluding hydrogens is 379 g/mol. The van der Waals surface area contributed by atoms with Gasteiger partial charge in [-0.1, -0.05) is 50.9 Å². The summed E-state index contributed by atoms with van der Waals surface area (Å²) in [5, 5.41) is 4.48. The van der Waals surface area contributed by atoms with E-state index in [0.29, 0.717) is 12.0 Å². The SMILES string of the molecule is CC(C)c1ccccc1N=CC1CCC[N-]1.CCOCC.[CH3-].[Pd+2].